The summed E-state index contributed by atoms with van der Waals surface area (Å²) in [6, 6.07) is 12.0. The number of methoxy groups -OCH3 is 1. The van der Waals surface area contributed by atoms with E-state index in [0.717, 1.165) is 61.9 Å². The molecule has 0 aliphatic carbocycles. The third kappa shape index (κ3) is 4.75. The summed E-state index contributed by atoms with van der Waals surface area (Å²) in [6.07, 6.45) is 1.59. The Labute approximate surface area is 217 Å². The van der Waals surface area contributed by atoms with Crippen LogP contribution in [0.25, 0.3) is 16.7 Å². The van der Waals surface area contributed by atoms with Gasteiger partial charge in [-0.05, 0) is 45.0 Å². The van der Waals surface area contributed by atoms with Crippen molar-refractivity contribution in [2.45, 2.75) is 40.2 Å². The van der Waals surface area contributed by atoms with E-state index in [1.807, 2.05) is 54.0 Å². The maximum absolute atomic E-state index is 13.6. The Bertz CT molecular complexity index is 1450. The highest BCUT2D eigenvalue weighted by atomic mass is 16.5. The van der Waals surface area contributed by atoms with E-state index in [2.05, 4.69) is 26.9 Å². The monoisotopic (exact) mass is 504 g/mol. The zero-order valence-electron chi connectivity index (χ0n) is 22.2. The van der Waals surface area contributed by atoms with E-state index in [0.29, 0.717) is 36.6 Å². The van der Waals surface area contributed by atoms with Gasteiger partial charge in [0, 0.05) is 45.2 Å². The van der Waals surface area contributed by atoms with Crippen molar-refractivity contribution in [2.75, 3.05) is 51.3 Å². The largest absolute Gasteiger partial charge is 0.492 e. The van der Waals surface area contributed by atoms with Crippen LogP contribution < -0.4 is 19.9 Å². The van der Waals surface area contributed by atoms with Gasteiger partial charge in [-0.25, -0.2) is 4.98 Å². The van der Waals surface area contributed by atoms with Crippen molar-refractivity contribution in [3.05, 3.63) is 58.3 Å². The quantitative estimate of drug-likeness (QED) is 0.345. The van der Waals surface area contributed by atoms with Crippen molar-refractivity contribution in [3.8, 4) is 11.6 Å². The zero-order valence-corrected chi connectivity index (χ0v) is 22.2. The molecule has 1 aromatic carbocycles. The smallest absolute Gasteiger partial charge is 0.277 e. The molecule has 5 rings (SSSR count). The van der Waals surface area contributed by atoms with Crippen LogP contribution in [0.1, 0.15) is 31.8 Å². The Morgan fingerprint density at radius 1 is 0.973 bits per heavy atom. The number of imidazole rings is 1. The van der Waals surface area contributed by atoms with Crippen LogP contribution in [0.5, 0.6) is 11.6 Å². The lowest BCUT2D eigenvalue weighted by Crippen LogP contribution is -2.47. The second-order valence-electron chi connectivity index (χ2n) is 9.39. The van der Waals surface area contributed by atoms with E-state index in [-0.39, 0.29) is 5.56 Å². The highest BCUT2D eigenvalue weighted by Gasteiger charge is 2.21. The minimum absolute atomic E-state index is 0.0125. The normalized spacial score (nSPS) is 14.5. The Balaban J connectivity index is 1.32. The van der Waals surface area contributed by atoms with Gasteiger partial charge in [0.15, 0.2) is 5.65 Å². The molecular weight excluding hydrogens is 468 g/mol. The number of aromatic nitrogens is 4. The molecule has 9 nitrogen and oxygen atoms in total. The molecule has 1 fully saturated rings. The molecular formula is C28H36N6O3. The summed E-state index contributed by atoms with van der Waals surface area (Å²) in [5.41, 5.74) is 4.02. The van der Waals surface area contributed by atoms with Crippen molar-refractivity contribution in [1.82, 2.24) is 23.8 Å². The molecule has 0 atom stereocenters. The van der Waals surface area contributed by atoms with Crippen LogP contribution in [0.15, 0.2) is 41.2 Å². The first-order valence-electron chi connectivity index (χ1n) is 13.2. The van der Waals surface area contributed by atoms with Gasteiger partial charge in [-0.15, -0.1) is 0 Å². The van der Waals surface area contributed by atoms with Crippen LogP contribution in [0.3, 0.4) is 0 Å². The molecule has 1 saturated heterocycles. The predicted octanol–water partition coefficient (Wildman–Crippen LogP) is 3.53. The summed E-state index contributed by atoms with van der Waals surface area (Å²) in [5, 5.41) is 0. The number of piperazine rings is 1. The molecule has 4 aromatic rings. The van der Waals surface area contributed by atoms with Gasteiger partial charge in [-0.1, -0.05) is 19.1 Å². The third-order valence-electron chi connectivity index (χ3n) is 7.16. The van der Waals surface area contributed by atoms with Gasteiger partial charge in [0.25, 0.3) is 5.56 Å². The van der Waals surface area contributed by atoms with Crippen LogP contribution in [-0.2, 0) is 13.0 Å². The zero-order chi connectivity index (χ0) is 25.9. The summed E-state index contributed by atoms with van der Waals surface area (Å²) >= 11 is 0. The van der Waals surface area contributed by atoms with Crippen molar-refractivity contribution < 1.29 is 9.47 Å². The number of hydrogen-bond donors (Lipinski definition) is 0. The van der Waals surface area contributed by atoms with Crippen molar-refractivity contribution >= 4 is 22.4 Å². The average Bonchev–Trinajstić information content (AvgIpc) is 3.28. The van der Waals surface area contributed by atoms with Gasteiger partial charge in [-0.3, -0.25) is 14.1 Å². The summed E-state index contributed by atoms with van der Waals surface area (Å²) in [5.74, 6) is 2.31. The Kier molecular flexibility index (Phi) is 7.32. The predicted molar refractivity (Wildman–Crippen MR) is 146 cm³/mol. The molecule has 0 radical (unpaired) electrons. The van der Waals surface area contributed by atoms with Gasteiger partial charge in [0.2, 0.25) is 5.88 Å². The first-order valence-corrected chi connectivity index (χ1v) is 13.2. The summed E-state index contributed by atoms with van der Waals surface area (Å²) in [6.45, 7) is 12.1. The Morgan fingerprint density at radius 3 is 2.49 bits per heavy atom. The van der Waals surface area contributed by atoms with Crippen LogP contribution in [-0.4, -0.2) is 70.3 Å². The van der Waals surface area contributed by atoms with Gasteiger partial charge in [0.1, 0.15) is 17.1 Å². The number of benzene rings is 1. The average molecular weight is 505 g/mol. The fraction of sp³-hybridized carbons (Fsp3) is 0.464. The fourth-order valence-electron chi connectivity index (χ4n) is 5.34. The Hall–Kier alpha value is -3.59. The highest BCUT2D eigenvalue weighted by Crippen LogP contribution is 2.29. The van der Waals surface area contributed by atoms with Crippen molar-refractivity contribution in [3.63, 3.8) is 0 Å². The molecule has 0 amide bonds. The molecule has 0 N–H and O–H groups in total. The van der Waals surface area contributed by atoms with Crippen LogP contribution in [0.4, 0.5) is 5.69 Å². The molecule has 4 heterocycles. The molecule has 0 bridgehead atoms. The summed E-state index contributed by atoms with van der Waals surface area (Å²) in [7, 11) is 1.61. The Morgan fingerprint density at radius 2 is 1.76 bits per heavy atom. The lowest BCUT2D eigenvalue weighted by atomic mass is 10.2. The second-order valence-corrected chi connectivity index (χ2v) is 9.39. The summed E-state index contributed by atoms with van der Waals surface area (Å²) < 4.78 is 15.0. The van der Waals surface area contributed by atoms with Gasteiger partial charge >= 0.3 is 0 Å². The number of aryl methyl sites for hydroxylation is 3. The van der Waals surface area contributed by atoms with Gasteiger partial charge in [0.05, 0.1) is 30.6 Å². The van der Waals surface area contributed by atoms with E-state index >= 15 is 0 Å². The molecule has 0 spiro atoms. The topological polar surface area (TPSA) is 77.1 Å². The molecule has 196 valence electrons. The standard InChI is InChI=1S/C28H36N6O3/c1-5-24-29-20(3)26-28(35)33(22-12-13-25(36-4)30-27(22)34(24)26)15-9-14-31-16-18-32(19-17-31)21-10-7-8-11-23(21)37-6-2/h7-8,10-13H,5-6,9,14-19H2,1-4H3. The summed E-state index contributed by atoms with van der Waals surface area (Å²) in [4.78, 5) is 27.9. The number of fused-ring (bicyclic) bond motifs is 3. The van der Waals surface area contributed by atoms with E-state index < -0.39 is 0 Å². The van der Waals surface area contributed by atoms with Crippen molar-refractivity contribution in [1.29, 1.82) is 0 Å². The lowest BCUT2D eigenvalue weighted by Gasteiger charge is -2.36. The number of nitrogens with zero attached hydrogens (tertiary/aromatic N) is 6. The molecule has 9 heteroatoms. The van der Waals surface area contributed by atoms with E-state index in [4.69, 9.17) is 14.5 Å². The SMILES string of the molecule is CCOc1ccccc1N1CCN(CCCn2c(=O)c3c(C)nc(CC)n3c3nc(OC)ccc32)CC1. The van der Waals surface area contributed by atoms with Crippen LogP contribution in [0.2, 0.25) is 0 Å². The first kappa shape index (κ1) is 25.1. The number of ether oxygens (including phenoxy) is 2. The van der Waals surface area contributed by atoms with Crippen LogP contribution >= 0.6 is 0 Å². The first-order chi connectivity index (χ1) is 18.0. The highest BCUT2D eigenvalue weighted by molar-refractivity contribution is 5.77. The second kappa shape index (κ2) is 10.8. The number of pyridine rings is 1. The molecule has 0 saturated carbocycles. The number of hydrogen-bond acceptors (Lipinski definition) is 7. The number of para-hydroxylation sites is 2. The van der Waals surface area contributed by atoms with Gasteiger partial charge < -0.3 is 18.9 Å². The number of rotatable bonds is 9. The molecule has 1 aliphatic heterocycles. The molecule has 1 aliphatic rings. The maximum Gasteiger partial charge on any atom is 0.277 e. The molecule has 0 unspecified atom stereocenters. The lowest BCUT2D eigenvalue weighted by molar-refractivity contribution is 0.249. The molecule has 37 heavy (non-hydrogen) atoms. The van der Waals surface area contributed by atoms with Crippen LogP contribution in [0, 0.1) is 6.92 Å². The van der Waals surface area contributed by atoms with E-state index in [1.54, 1.807) is 7.11 Å². The fourth-order valence-corrected chi connectivity index (χ4v) is 5.34. The van der Waals surface area contributed by atoms with E-state index in [9.17, 15) is 4.79 Å². The third-order valence-corrected chi connectivity index (χ3v) is 7.16. The van der Waals surface area contributed by atoms with Crippen molar-refractivity contribution in [2.24, 2.45) is 0 Å². The molecule has 3 aromatic heterocycles. The van der Waals surface area contributed by atoms with E-state index in [1.165, 1.54) is 5.69 Å². The van der Waals surface area contributed by atoms with Gasteiger partial charge in [-0.2, -0.15) is 4.98 Å². The maximum atomic E-state index is 13.6. The minimum atomic E-state index is -0.0125. The minimum Gasteiger partial charge on any atom is -0.492 e. The number of anilines is 1.